The molecule has 0 rings (SSSR count). The first-order chi connectivity index (χ1) is 9.23. The lowest BCUT2D eigenvalue weighted by atomic mass is 9.87. The van der Waals surface area contributed by atoms with Crippen LogP contribution in [0.4, 0.5) is 4.79 Å². The molecular formula is C15H30N2O3. The Hall–Kier alpha value is -1.26. The molecule has 0 aliphatic carbocycles. The molecule has 0 aromatic carbocycles. The maximum absolute atomic E-state index is 12.3. The molecule has 0 saturated heterocycles. The fourth-order valence-electron chi connectivity index (χ4n) is 1.88. The van der Waals surface area contributed by atoms with Gasteiger partial charge in [-0.1, -0.05) is 47.5 Å². The van der Waals surface area contributed by atoms with Gasteiger partial charge in [-0.05, 0) is 18.3 Å². The molecule has 0 bridgehead atoms. The first-order valence-corrected chi connectivity index (χ1v) is 7.52. The number of carboxylic acid groups (broad SMARTS) is 1. The van der Waals surface area contributed by atoms with Crippen LogP contribution < -0.4 is 5.32 Å². The molecule has 0 spiro atoms. The molecule has 118 valence electrons. The van der Waals surface area contributed by atoms with E-state index in [1.807, 2.05) is 20.8 Å². The minimum atomic E-state index is -0.989. The normalized spacial score (nSPS) is 12.8. The van der Waals surface area contributed by atoms with Gasteiger partial charge < -0.3 is 15.3 Å². The molecule has 0 aromatic rings. The molecule has 0 aliphatic rings. The largest absolute Gasteiger partial charge is 0.480 e. The van der Waals surface area contributed by atoms with Crippen LogP contribution in [0.25, 0.3) is 0 Å². The third-order valence-electron chi connectivity index (χ3n) is 3.23. The molecule has 0 saturated carbocycles. The molecule has 1 unspecified atom stereocenters. The second-order valence-electron chi connectivity index (χ2n) is 6.28. The topological polar surface area (TPSA) is 69.6 Å². The molecule has 1 atom stereocenters. The zero-order valence-corrected chi connectivity index (χ0v) is 13.5. The minimum Gasteiger partial charge on any atom is -0.480 e. The van der Waals surface area contributed by atoms with E-state index in [9.17, 15) is 14.7 Å². The van der Waals surface area contributed by atoms with Gasteiger partial charge in [-0.3, -0.25) is 0 Å². The number of nitrogens with zero attached hydrogens (tertiary/aromatic N) is 1. The smallest absolute Gasteiger partial charge is 0.326 e. The molecule has 0 aromatic heterocycles. The van der Waals surface area contributed by atoms with Gasteiger partial charge >= 0.3 is 12.0 Å². The van der Waals surface area contributed by atoms with Gasteiger partial charge in [-0.25, -0.2) is 9.59 Å². The molecule has 0 fully saturated rings. The number of amides is 2. The predicted molar refractivity (Wildman–Crippen MR) is 80.8 cm³/mol. The average Bonchev–Trinajstić information content (AvgIpc) is 2.34. The summed E-state index contributed by atoms with van der Waals surface area (Å²) in [6.07, 6.45) is 3.89. The van der Waals surface area contributed by atoms with Crippen molar-refractivity contribution >= 4 is 12.0 Å². The summed E-state index contributed by atoms with van der Waals surface area (Å²) in [5.41, 5.74) is -0.511. The second kappa shape index (κ2) is 8.82. The van der Waals surface area contributed by atoms with Crippen LogP contribution in [0.1, 0.15) is 60.3 Å². The fourth-order valence-corrected chi connectivity index (χ4v) is 1.88. The van der Waals surface area contributed by atoms with Crippen LogP contribution in [-0.2, 0) is 4.79 Å². The predicted octanol–water partition coefficient (Wildman–Crippen LogP) is 3.10. The van der Waals surface area contributed by atoms with Crippen LogP contribution in [0, 0.1) is 5.41 Å². The number of carbonyl (C=O) groups is 2. The summed E-state index contributed by atoms with van der Waals surface area (Å²) in [6.45, 7) is 10.9. The number of hydrogen-bond donors (Lipinski definition) is 2. The number of carboxylic acids is 1. The molecule has 5 nitrogen and oxygen atoms in total. The Balaban J connectivity index is 4.73. The molecule has 0 heterocycles. The Kier molecular flexibility index (Phi) is 8.26. The number of urea groups is 1. The quantitative estimate of drug-likeness (QED) is 0.720. The van der Waals surface area contributed by atoms with E-state index in [-0.39, 0.29) is 6.03 Å². The van der Waals surface area contributed by atoms with Gasteiger partial charge in [-0.15, -0.1) is 0 Å². The summed E-state index contributed by atoms with van der Waals surface area (Å²) in [6, 6.07) is -1.14. The highest BCUT2D eigenvalue weighted by atomic mass is 16.4. The van der Waals surface area contributed by atoms with Gasteiger partial charge in [0.15, 0.2) is 0 Å². The van der Waals surface area contributed by atoms with Crippen molar-refractivity contribution in [1.82, 2.24) is 10.2 Å². The van der Waals surface area contributed by atoms with Crippen molar-refractivity contribution < 1.29 is 14.7 Å². The van der Waals surface area contributed by atoms with Crippen molar-refractivity contribution in [3.8, 4) is 0 Å². The van der Waals surface area contributed by atoms with Crippen molar-refractivity contribution in [3.05, 3.63) is 0 Å². The Labute approximate surface area is 122 Å². The summed E-state index contributed by atoms with van der Waals surface area (Å²) in [5.74, 6) is -0.989. The average molecular weight is 286 g/mol. The Bertz CT molecular complexity index is 303. The van der Waals surface area contributed by atoms with Crippen LogP contribution >= 0.6 is 0 Å². The van der Waals surface area contributed by atoms with Gasteiger partial charge in [0.05, 0.1) is 0 Å². The van der Waals surface area contributed by atoms with Crippen molar-refractivity contribution in [2.24, 2.45) is 5.41 Å². The van der Waals surface area contributed by atoms with E-state index >= 15 is 0 Å². The van der Waals surface area contributed by atoms with Crippen LogP contribution in [0.15, 0.2) is 0 Å². The summed E-state index contributed by atoms with van der Waals surface area (Å²) < 4.78 is 0. The third kappa shape index (κ3) is 6.78. The van der Waals surface area contributed by atoms with Crippen molar-refractivity contribution in [3.63, 3.8) is 0 Å². The van der Waals surface area contributed by atoms with Gasteiger partial charge in [-0.2, -0.15) is 0 Å². The van der Waals surface area contributed by atoms with Crippen LogP contribution in [0.5, 0.6) is 0 Å². The van der Waals surface area contributed by atoms with Crippen molar-refractivity contribution in [2.75, 3.05) is 13.1 Å². The van der Waals surface area contributed by atoms with E-state index in [0.29, 0.717) is 13.1 Å². The molecule has 5 heteroatoms. The second-order valence-corrected chi connectivity index (χ2v) is 6.28. The van der Waals surface area contributed by atoms with Gasteiger partial charge in [0.1, 0.15) is 6.04 Å². The zero-order chi connectivity index (χ0) is 15.8. The zero-order valence-electron chi connectivity index (χ0n) is 13.5. The third-order valence-corrected chi connectivity index (χ3v) is 3.23. The summed E-state index contributed by atoms with van der Waals surface area (Å²) in [5, 5.41) is 11.9. The van der Waals surface area contributed by atoms with Crippen molar-refractivity contribution in [1.29, 1.82) is 0 Å². The van der Waals surface area contributed by atoms with Crippen LogP contribution in [0.3, 0.4) is 0 Å². The Morgan fingerprint density at radius 2 is 1.55 bits per heavy atom. The number of nitrogens with one attached hydrogen (secondary N) is 1. The molecule has 2 amide bonds. The lowest BCUT2D eigenvalue weighted by Gasteiger charge is -2.31. The van der Waals surface area contributed by atoms with E-state index in [2.05, 4.69) is 19.2 Å². The van der Waals surface area contributed by atoms with E-state index in [4.69, 9.17) is 0 Å². The number of hydrogen-bond acceptors (Lipinski definition) is 2. The molecule has 0 aliphatic heterocycles. The standard InChI is InChI=1S/C15H30N2O3/c1-6-8-10-17(11-9-7-2)14(20)16-12(13(18)19)15(3,4)5/h12H,6-11H2,1-5H3,(H,16,20)(H,18,19). The first-order valence-electron chi connectivity index (χ1n) is 7.52. The summed E-state index contributed by atoms with van der Waals surface area (Å²) >= 11 is 0. The van der Waals surface area contributed by atoms with Gasteiger partial charge in [0.25, 0.3) is 0 Å². The molecular weight excluding hydrogens is 256 g/mol. The van der Waals surface area contributed by atoms with Crippen LogP contribution in [0.2, 0.25) is 0 Å². The van der Waals surface area contributed by atoms with Gasteiger partial charge in [0, 0.05) is 13.1 Å². The minimum absolute atomic E-state index is 0.269. The number of aliphatic carboxylic acids is 1. The lowest BCUT2D eigenvalue weighted by Crippen LogP contribution is -2.53. The Morgan fingerprint density at radius 3 is 1.85 bits per heavy atom. The maximum Gasteiger partial charge on any atom is 0.326 e. The van der Waals surface area contributed by atoms with Crippen molar-refractivity contribution in [2.45, 2.75) is 66.3 Å². The van der Waals surface area contributed by atoms with E-state index in [1.54, 1.807) is 4.90 Å². The Morgan fingerprint density at radius 1 is 1.10 bits per heavy atom. The van der Waals surface area contributed by atoms with Crippen LogP contribution in [-0.4, -0.2) is 41.1 Å². The highest BCUT2D eigenvalue weighted by molar-refractivity contribution is 5.83. The molecule has 0 radical (unpaired) electrons. The SMILES string of the molecule is CCCCN(CCCC)C(=O)NC(C(=O)O)C(C)(C)C. The monoisotopic (exact) mass is 286 g/mol. The van der Waals surface area contributed by atoms with E-state index < -0.39 is 17.4 Å². The summed E-state index contributed by atoms with van der Waals surface area (Å²) in [7, 11) is 0. The maximum atomic E-state index is 12.3. The highest BCUT2D eigenvalue weighted by Crippen LogP contribution is 2.19. The van der Waals surface area contributed by atoms with E-state index in [1.165, 1.54) is 0 Å². The number of unbranched alkanes of at least 4 members (excludes halogenated alkanes) is 2. The van der Waals surface area contributed by atoms with E-state index in [0.717, 1.165) is 25.7 Å². The number of carbonyl (C=O) groups excluding carboxylic acids is 1. The van der Waals surface area contributed by atoms with Gasteiger partial charge in [0.2, 0.25) is 0 Å². The highest BCUT2D eigenvalue weighted by Gasteiger charge is 2.33. The number of rotatable bonds is 8. The summed E-state index contributed by atoms with van der Waals surface area (Å²) in [4.78, 5) is 25.3. The molecule has 2 N–H and O–H groups in total. The fraction of sp³-hybridized carbons (Fsp3) is 0.867. The first kappa shape index (κ1) is 18.7. The molecule has 20 heavy (non-hydrogen) atoms. The lowest BCUT2D eigenvalue weighted by molar-refractivity contribution is -0.142.